The van der Waals surface area contributed by atoms with Gasteiger partial charge in [-0.2, -0.15) is 0 Å². The third kappa shape index (κ3) is 4.25. The highest BCUT2D eigenvalue weighted by atomic mass is 16.5. The molecule has 14 heavy (non-hydrogen) atoms. The Bertz CT molecular complexity index is 204. The number of allylic oxidation sites excluding steroid dienone is 1. The van der Waals surface area contributed by atoms with Crippen LogP contribution in [0.3, 0.4) is 0 Å². The van der Waals surface area contributed by atoms with Crippen LogP contribution in [-0.2, 0) is 4.74 Å². The van der Waals surface area contributed by atoms with Gasteiger partial charge in [0.15, 0.2) is 0 Å². The SMILES string of the molecule is CC(C)=CCNC1CCOC(C)(C)C1. The fraction of sp³-hybridized carbons (Fsp3) is 0.833. The van der Waals surface area contributed by atoms with Gasteiger partial charge in [0.1, 0.15) is 0 Å². The number of ether oxygens (including phenoxy) is 1. The van der Waals surface area contributed by atoms with E-state index in [1.54, 1.807) is 0 Å². The van der Waals surface area contributed by atoms with Crippen molar-refractivity contribution in [1.82, 2.24) is 5.32 Å². The lowest BCUT2D eigenvalue weighted by atomic mass is 9.94. The summed E-state index contributed by atoms with van der Waals surface area (Å²) in [4.78, 5) is 0. The highest BCUT2D eigenvalue weighted by Gasteiger charge is 2.27. The van der Waals surface area contributed by atoms with Crippen LogP contribution in [0.4, 0.5) is 0 Å². The summed E-state index contributed by atoms with van der Waals surface area (Å²) in [6, 6.07) is 0.620. The van der Waals surface area contributed by atoms with Crippen molar-refractivity contribution in [3.8, 4) is 0 Å². The summed E-state index contributed by atoms with van der Waals surface area (Å²) < 4.78 is 5.67. The first-order valence-electron chi connectivity index (χ1n) is 5.50. The van der Waals surface area contributed by atoms with Crippen molar-refractivity contribution in [2.24, 2.45) is 0 Å². The van der Waals surface area contributed by atoms with Gasteiger partial charge in [-0.05, 0) is 40.5 Å². The Balaban J connectivity index is 2.28. The van der Waals surface area contributed by atoms with Gasteiger partial charge >= 0.3 is 0 Å². The Morgan fingerprint density at radius 3 is 2.79 bits per heavy atom. The fourth-order valence-electron chi connectivity index (χ4n) is 1.84. The van der Waals surface area contributed by atoms with E-state index in [-0.39, 0.29) is 5.60 Å². The third-order valence-corrected chi connectivity index (χ3v) is 2.61. The molecule has 0 aliphatic carbocycles. The number of nitrogens with one attached hydrogen (secondary N) is 1. The minimum Gasteiger partial charge on any atom is -0.375 e. The molecule has 2 heteroatoms. The molecule has 1 rings (SSSR count). The number of hydrogen-bond donors (Lipinski definition) is 1. The van der Waals surface area contributed by atoms with Gasteiger partial charge in [0.05, 0.1) is 5.60 Å². The van der Waals surface area contributed by atoms with Crippen LogP contribution in [0.15, 0.2) is 11.6 Å². The summed E-state index contributed by atoms with van der Waals surface area (Å²) in [5, 5.41) is 3.55. The predicted molar refractivity (Wildman–Crippen MR) is 60.5 cm³/mol. The molecule has 82 valence electrons. The largest absolute Gasteiger partial charge is 0.375 e. The normalized spacial score (nSPS) is 25.9. The van der Waals surface area contributed by atoms with E-state index in [0.29, 0.717) is 6.04 Å². The molecular weight excluding hydrogens is 174 g/mol. The first-order chi connectivity index (χ1) is 6.49. The van der Waals surface area contributed by atoms with Gasteiger partial charge in [-0.25, -0.2) is 0 Å². The maximum atomic E-state index is 5.67. The highest BCUT2D eigenvalue weighted by Crippen LogP contribution is 2.23. The van der Waals surface area contributed by atoms with Gasteiger partial charge in [-0.1, -0.05) is 11.6 Å². The molecule has 0 spiro atoms. The monoisotopic (exact) mass is 197 g/mol. The molecule has 0 aromatic carbocycles. The molecule has 1 N–H and O–H groups in total. The Kier molecular flexibility index (Phi) is 4.14. The number of hydrogen-bond acceptors (Lipinski definition) is 2. The quantitative estimate of drug-likeness (QED) is 0.702. The van der Waals surface area contributed by atoms with Crippen LogP contribution in [0.5, 0.6) is 0 Å². The van der Waals surface area contributed by atoms with Crippen LogP contribution in [0.2, 0.25) is 0 Å². The summed E-state index contributed by atoms with van der Waals surface area (Å²) in [5.41, 5.74) is 1.43. The van der Waals surface area contributed by atoms with Gasteiger partial charge in [-0.3, -0.25) is 0 Å². The van der Waals surface area contributed by atoms with Gasteiger partial charge < -0.3 is 10.1 Å². The van der Waals surface area contributed by atoms with Crippen molar-refractivity contribution in [3.05, 3.63) is 11.6 Å². The predicted octanol–water partition coefficient (Wildman–Crippen LogP) is 2.50. The zero-order valence-corrected chi connectivity index (χ0v) is 9.89. The molecule has 1 fully saturated rings. The van der Waals surface area contributed by atoms with Gasteiger partial charge in [-0.15, -0.1) is 0 Å². The zero-order valence-electron chi connectivity index (χ0n) is 9.89. The van der Waals surface area contributed by atoms with E-state index >= 15 is 0 Å². The third-order valence-electron chi connectivity index (χ3n) is 2.61. The lowest BCUT2D eigenvalue weighted by Gasteiger charge is -2.35. The van der Waals surface area contributed by atoms with Crippen molar-refractivity contribution < 1.29 is 4.74 Å². The maximum Gasteiger partial charge on any atom is 0.0641 e. The Morgan fingerprint density at radius 2 is 2.21 bits per heavy atom. The lowest BCUT2D eigenvalue weighted by Crippen LogP contribution is -2.43. The number of rotatable bonds is 3. The molecule has 1 unspecified atom stereocenters. The summed E-state index contributed by atoms with van der Waals surface area (Å²) in [6.07, 6.45) is 4.49. The van der Waals surface area contributed by atoms with Crippen molar-refractivity contribution >= 4 is 0 Å². The Labute approximate surface area is 87.7 Å². The minimum atomic E-state index is 0.0564. The molecule has 1 atom stereocenters. The topological polar surface area (TPSA) is 21.3 Å². The van der Waals surface area contributed by atoms with E-state index in [1.807, 2.05) is 0 Å². The van der Waals surface area contributed by atoms with Crippen LogP contribution < -0.4 is 5.32 Å². The van der Waals surface area contributed by atoms with Crippen molar-refractivity contribution in [2.75, 3.05) is 13.2 Å². The van der Waals surface area contributed by atoms with Crippen molar-refractivity contribution in [2.45, 2.75) is 52.2 Å². The molecule has 1 heterocycles. The maximum absolute atomic E-state index is 5.67. The molecule has 0 radical (unpaired) electrons. The highest BCUT2D eigenvalue weighted by molar-refractivity contribution is 4.95. The molecule has 0 aromatic rings. The molecule has 1 aliphatic heterocycles. The first-order valence-corrected chi connectivity index (χ1v) is 5.50. The zero-order chi connectivity index (χ0) is 10.6. The first kappa shape index (κ1) is 11.7. The fourth-order valence-corrected chi connectivity index (χ4v) is 1.84. The second kappa shape index (κ2) is 4.94. The second-order valence-electron chi connectivity index (χ2n) is 4.99. The molecule has 0 amide bonds. The lowest BCUT2D eigenvalue weighted by molar-refractivity contribution is -0.0624. The van der Waals surface area contributed by atoms with Crippen molar-refractivity contribution in [3.63, 3.8) is 0 Å². The van der Waals surface area contributed by atoms with E-state index in [0.717, 1.165) is 26.0 Å². The second-order valence-corrected chi connectivity index (χ2v) is 4.99. The minimum absolute atomic E-state index is 0.0564. The molecule has 0 aromatic heterocycles. The van der Waals surface area contributed by atoms with E-state index in [9.17, 15) is 0 Å². The Hall–Kier alpha value is -0.340. The smallest absolute Gasteiger partial charge is 0.0641 e. The molecule has 1 aliphatic rings. The summed E-state index contributed by atoms with van der Waals surface area (Å²) in [6.45, 7) is 10.5. The van der Waals surface area contributed by atoms with Crippen LogP contribution >= 0.6 is 0 Å². The van der Waals surface area contributed by atoms with E-state index in [2.05, 4.69) is 39.1 Å². The van der Waals surface area contributed by atoms with Gasteiger partial charge in [0.25, 0.3) is 0 Å². The van der Waals surface area contributed by atoms with Gasteiger partial charge in [0.2, 0.25) is 0 Å². The van der Waals surface area contributed by atoms with Crippen LogP contribution in [0, 0.1) is 0 Å². The van der Waals surface area contributed by atoms with Crippen LogP contribution in [0.25, 0.3) is 0 Å². The van der Waals surface area contributed by atoms with Crippen LogP contribution in [-0.4, -0.2) is 24.8 Å². The Morgan fingerprint density at radius 1 is 1.50 bits per heavy atom. The van der Waals surface area contributed by atoms with E-state index < -0.39 is 0 Å². The van der Waals surface area contributed by atoms with Crippen molar-refractivity contribution in [1.29, 1.82) is 0 Å². The average Bonchev–Trinajstić information content (AvgIpc) is 2.01. The molecule has 0 bridgehead atoms. The van der Waals surface area contributed by atoms with E-state index in [1.165, 1.54) is 5.57 Å². The average molecular weight is 197 g/mol. The standard InChI is InChI=1S/C12H23NO/c1-10(2)5-7-13-11-6-8-14-12(3,4)9-11/h5,11,13H,6-9H2,1-4H3. The van der Waals surface area contributed by atoms with E-state index in [4.69, 9.17) is 4.74 Å². The summed E-state index contributed by atoms with van der Waals surface area (Å²) in [7, 11) is 0. The van der Waals surface area contributed by atoms with Gasteiger partial charge in [0, 0.05) is 19.2 Å². The summed E-state index contributed by atoms with van der Waals surface area (Å²) in [5.74, 6) is 0. The molecule has 0 saturated carbocycles. The summed E-state index contributed by atoms with van der Waals surface area (Å²) >= 11 is 0. The molecular formula is C12H23NO. The van der Waals surface area contributed by atoms with Crippen LogP contribution in [0.1, 0.15) is 40.5 Å². The molecule has 2 nitrogen and oxygen atoms in total. The molecule has 1 saturated heterocycles.